The fourth-order valence-electron chi connectivity index (χ4n) is 3.57. The monoisotopic (exact) mass is 336 g/mol. The molecule has 4 rings (SSSR count). The van der Waals surface area contributed by atoms with Gasteiger partial charge in [0, 0.05) is 23.9 Å². The van der Waals surface area contributed by atoms with E-state index in [9.17, 15) is 4.79 Å². The zero-order valence-corrected chi connectivity index (χ0v) is 14.7. The Morgan fingerprint density at radius 2 is 1.92 bits per heavy atom. The van der Waals surface area contributed by atoms with Gasteiger partial charge in [0.1, 0.15) is 5.75 Å². The number of H-pyrrole nitrogens is 1. The second-order valence-corrected chi connectivity index (χ2v) is 6.74. The second-order valence-electron chi connectivity index (χ2n) is 6.74. The number of anilines is 1. The molecule has 1 aliphatic rings. The van der Waals surface area contributed by atoms with Crippen LogP contribution in [0, 0.1) is 13.8 Å². The molecular weight excluding hydrogens is 316 g/mol. The van der Waals surface area contributed by atoms with Crippen LogP contribution < -0.4 is 10.1 Å². The van der Waals surface area contributed by atoms with Crippen LogP contribution in [0.4, 0.5) is 5.69 Å². The maximum Gasteiger partial charge on any atom is 0.235 e. The molecule has 0 aliphatic carbocycles. The quantitative estimate of drug-likeness (QED) is 0.770. The van der Waals surface area contributed by atoms with Gasteiger partial charge in [-0.2, -0.15) is 0 Å². The van der Waals surface area contributed by atoms with E-state index in [0.717, 1.165) is 45.1 Å². The molecule has 0 bridgehead atoms. The highest BCUT2D eigenvalue weighted by atomic mass is 16.5. The molecule has 2 N–H and O–H groups in total. The van der Waals surface area contributed by atoms with Gasteiger partial charge >= 0.3 is 0 Å². The SMILES string of the molecule is COc1cc[nH]c1CC1(C)C(=O)Nc2ccc3nc(C)c(C)nc3c21. The summed E-state index contributed by atoms with van der Waals surface area (Å²) in [6, 6.07) is 5.69. The van der Waals surface area contributed by atoms with Gasteiger partial charge in [0.25, 0.3) is 0 Å². The molecule has 6 heteroatoms. The van der Waals surface area contributed by atoms with Gasteiger partial charge in [0.05, 0.1) is 40.6 Å². The Morgan fingerprint density at radius 3 is 2.68 bits per heavy atom. The maximum atomic E-state index is 12.9. The van der Waals surface area contributed by atoms with E-state index in [2.05, 4.69) is 15.3 Å². The summed E-state index contributed by atoms with van der Waals surface area (Å²) in [5, 5.41) is 3.00. The smallest absolute Gasteiger partial charge is 0.235 e. The number of carbonyl (C=O) groups is 1. The molecule has 0 spiro atoms. The van der Waals surface area contributed by atoms with Crippen LogP contribution in [0.3, 0.4) is 0 Å². The first kappa shape index (κ1) is 15.6. The molecule has 1 aromatic carbocycles. The third kappa shape index (κ3) is 2.21. The van der Waals surface area contributed by atoms with Gasteiger partial charge in [0.15, 0.2) is 0 Å². The van der Waals surface area contributed by atoms with Gasteiger partial charge in [-0.3, -0.25) is 4.79 Å². The third-order valence-corrected chi connectivity index (χ3v) is 5.09. The zero-order valence-electron chi connectivity index (χ0n) is 14.7. The topological polar surface area (TPSA) is 79.9 Å². The molecule has 25 heavy (non-hydrogen) atoms. The van der Waals surface area contributed by atoms with Gasteiger partial charge in [-0.1, -0.05) is 0 Å². The Bertz CT molecular complexity index is 1010. The summed E-state index contributed by atoms with van der Waals surface area (Å²) in [5.74, 6) is 0.715. The van der Waals surface area contributed by atoms with Crippen LogP contribution in [0.2, 0.25) is 0 Å². The fraction of sp³-hybridized carbons (Fsp3) is 0.316. The predicted octanol–water partition coefficient (Wildman–Crippen LogP) is 3.04. The predicted molar refractivity (Wildman–Crippen MR) is 96.0 cm³/mol. The number of aryl methyl sites for hydroxylation is 2. The molecule has 1 amide bonds. The number of rotatable bonds is 3. The van der Waals surface area contributed by atoms with E-state index in [1.165, 1.54) is 0 Å². The van der Waals surface area contributed by atoms with E-state index in [0.29, 0.717) is 6.42 Å². The lowest BCUT2D eigenvalue weighted by molar-refractivity contribution is -0.120. The first-order valence-corrected chi connectivity index (χ1v) is 8.24. The van der Waals surface area contributed by atoms with Crippen molar-refractivity contribution in [3.05, 3.63) is 47.0 Å². The number of methoxy groups -OCH3 is 1. The first-order valence-electron chi connectivity index (χ1n) is 8.24. The Morgan fingerprint density at radius 1 is 1.16 bits per heavy atom. The van der Waals surface area contributed by atoms with E-state index in [1.807, 2.05) is 45.2 Å². The number of fused-ring (bicyclic) bond motifs is 3. The van der Waals surface area contributed by atoms with Crippen molar-refractivity contribution in [1.82, 2.24) is 15.0 Å². The summed E-state index contributed by atoms with van der Waals surface area (Å²) in [5.41, 5.74) is 5.23. The van der Waals surface area contributed by atoms with Crippen LogP contribution in [0.15, 0.2) is 24.4 Å². The van der Waals surface area contributed by atoms with E-state index >= 15 is 0 Å². The zero-order chi connectivity index (χ0) is 17.8. The van der Waals surface area contributed by atoms with Gasteiger partial charge in [-0.25, -0.2) is 9.97 Å². The number of ether oxygens (including phenoxy) is 1. The van der Waals surface area contributed by atoms with Crippen molar-refractivity contribution in [3.8, 4) is 5.75 Å². The van der Waals surface area contributed by atoms with Gasteiger partial charge < -0.3 is 15.0 Å². The largest absolute Gasteiger partial charge is 0.495 e. The molecule has 3 aromatic rings. The third-order valence-electron chi connectivity index (χ3n) is 5.09. The van der Waals surface area contributed by atoms with Crippen molar-refractivity contribution in [2.75, 3.05) is 12.4 Å². The normalized spacial score (nSPS) is 19.1. The van der Waals surface area contributed by atoms with Crippen LogP contribution >= 0.6 is 0 Å². The number of benzene rings is 1. The highest BCUT2D eigenvalue weighted by Crippen LogP contribution is 2.44. The number of aromatic amines is 1. The molecule has 0 radical (unpaired) electrons. The average molecular weight is 336 g/mol. The van der Waals surface area contributed by atoms with Crippen molar-refractivity contribution in [1.29, 1.82) is 0 Å². The highest BCUT2D eigenvalue weighted by molar-refractivity contribution is 6.10. The Labute approximate surface area is 145 Å². The average Bonchev–Trinajstić information content (AvgIpc) is 3.12. The second kappa shape index (κ2) is 5.31. The number of amides is 1. The van der Waals surface area contributed by atoms with Crippen LogP contribution in [0.5, 0.6) is 5.75 Å². The lowest BCUT2D eigenvalue weighted by Crippen LogP contribution is -2.34. The number of carbonyl (C=O) groups excluding carboxylic acids is 1. The van der Waals surface area contributed by atoms with Gasteiger partial charge in [-0.05, 0) is 39.0 Å². The summed E-state index contributed by atoms with van der Waals surface area (Å²) >= 11 is 0. The number of hydrogen-bond acceptors (Lipinski definition) is 4. The molecule has 0 saturated carbocycles. The fourth-order valence-corrected chi connectivity index (χ4v) is 3.57. The Hall–Kier alpha value is -2.89. The van der Waals surface area contributed by atoms with Crippen molar-refractivity contribution in [2.45, 2.75) is 32.6 Å². The molecule has 0 fully saturated rings. The van der Waals surface area contributed by atoms with Crippen LogP contribution in [0.1, 0.15) is 29.6 Å². The summed E-state index contributed by atoms with van der Waals surface area (Å²) < 4.78 is 5.40. The number of aromatic nitrogens is 3. The lowest BCUT2D eigenvalue weighted by atomic mass is 9.78. The number of nitrogens with zero attached hydrogens (tertiary/aromatic N) is 2. The van der Waals surface area contributed by atoms with E-state index in [-0.39, 0.29) is 5.91 Å². The molecule has 128 valence electrons. The molecule has 1 atom stereocenters. The van der Waals surface area contributed by atoms with Gasteiger partial charge in [-0.15, -0.1) is 0 Å². The highest BCUT2D eigenvalue weighted by Gasteiger charge is 2.45. The number of hydrogen-bond donors (Lipinski definition) is 2. The minimum absolute atomic E-state index is 0.0355. The Balaban J connectivity index is 1.93. The molecule has 1 aliphatic heterocycles. The standard InChI is InChI=1S/C19H20N4O2/c1-10-11(2)22-17-13(21-10)6-5-12-16(17)19(3,18(24)23-12)9-14-15(25-4)7-8-20-14/h5-8,20H,9H2,1-4H3,(H,23,24). The van der Waals surface area contributed by atoms with Crippen molar-refractivity contribution in [2.24, 2.45) is 0 Å². The van der Waals surface area contributed by atoms with Gasteiger partial charge in [0.2, 0.25) is 5.91 Å². The van der Waals surface area contributed by atoms with Crippen LogP contribution in [0.25, 0.3) is 11.0 Å². The van der Waals surface area contributed by atoms with Crippen LogP contribution in [-0.4, -0.2) is 28.0 Å². The maximum absolute atomic E-state index is 12.9. The molecule has 1 unspecified atom stereocenters. The summed E-state index contributed by atoms with van der Waals surface area (Å²) in [6.07, 6.45) is 2.32. The number of nitrogens with one attached hydrogen (secondary N) is 2. The van der Waals surface area contributed by atoms with Crippen molar-refractivity contribution < 1.29 is 9.53 Å². The van der Waals surface area contributed by atoms with E-state index in [4.69, 9.17) is 9.72 Å². The minimum atomic E-state index is -0.747. The first-order chi connectivity index (χ1) is 11.9. The van der Waals surface area contributed by atoms with E-state index in [1.54, 1.807) is 7.11 Å². The van der Waals surface area contributed by atoms with Crippen LogP contribution in [-0.2, 0) is 16.6 Å². The van der Waals surface area contributed by atoms with Crippen molar-refractivity contribution in [3.63, 3.8) is 0 Å². The molecule has 0 saturated heterocycles. The lowest BCUT2D eigenvalue weighted by Gasteiger charge is -2.23. The minimum Gasteiger partial charge on any atom is -0.495 e. The van der Waals surface area contributed by atoms with E-state index < -0.39 is 5.41 Å². The molecule has 2 aromatic heterocycles. The summed E-state index contributed by atoms with van der Waals surface area (Å²) in [6.45, 7) is 5.84. The molecule has 3 heterocycles. The van der Waals surface area contributed by atoms with Crippen molar-refractivity contribution >= 4 is 22.6 Å². The molecule has 6 nitrogen and oxygen atoms in total. The molecular formula is C19H20N4O2. The Kier molecular flexibility index (Phi) is 3.32. The summed E-state index contributed by atoms with van der Waals surface area (Å²) in [7, 11) is 1.63. The summed E-state index contributed by atoms with van der Waals surface area (Å²) in [4.78, 5) is 25.4.